The molecule has 0 bridgehead atoms. The molecule has 0 aromatic carbocycles. The summed E-state index contributed by atoms with van der Waals surface area (Å²) >= 11 is 0. The van der Waals surface area contributed by atoms with Gasteiger partial charge in [0.2, 0.25) is 0 Å². The van der Waals surface area contributed by atoms with Gasteiger partial charge in [0.25, 0.3) is 0 Å². The zero-order valence-corrected chi connectivity index (χ0v) is 9.46. The van der Waals surface area contributed by atoms with Crippen molar-refractivity contribution in [3.8, 4) is 0 Å². The van der Waals surface area contributed by atoms with Crippen molar-refractivity contribution in [1.82, 2.24) is 5.32 Å². The first-order valence-electron chi connectivity index (χ1n) is 5.74. The summed E-state index contributed by atoms with van der Waals surface area (Å²) in [4.78, 5) is 10.6. The largest absolute Gasteiger partial charge is 0.478 e. The lowest BCUT2D eigenvalue weighted by Gasteiger charge is -2.16. The lowest BCUT2D eigenvalue weighted by atomic mass is 10.0. The molecule has 2 unspecified atom stereocenters. The normalized spacial score (nSPS) is 27.0. The SMILES string of the molecule is C=C(CNC1CCCC(C)CC1)C(=O)O. The Bertz CT molecular complexity index is 238. The number of aliphatic carboxylic acids is 1. The van der Waals surface area contributed by atoms with Gasteiger partial charge in [-0.2, -0.15) is 0 Å². The summed E-state index contributed by atoms with van der Waals surface area (Å²) in [7, 11) is 0. The Morgan fingerprint density at radius 3 is 2.80 bits per heavy atom. The highest BCUT2D eigenvalue weighted by Crippen LogP contribution is 2.22. The van der Waals surface area contributed by atoms with Crippen LogP contribution in [0.25, 0.3) is 0 Å². The summed E-state index contributed by atoms with van der Waals surface area (Å²) in [6, 6.07) is 0.478. The van der Waals surface area contributed by atoms with Gasteiger partial charge in [-0.15, -0.1) is 0 Å². The lowest BCUT2D eigenvalue weighted by molar-refractivity contribution is -0.132. The smallest absolute Gasteiger partial charge is 0.332 e. The molecule has 2 atom stereocenters. The molecule has 0 saturated heterocycles. The van der Waals surface area contributed by atoms with Crippen molar-refractivity contribution in [1.29, 1.82) is 0 Å². The van der Waals surface area contributed by atoms with Gasteiger partial charge < -0.3 is 10.4 Å². The lowest BCUT2D eigenvalue weighted by Crippen LogP contribution is -2.31. The number of carboxylic acid groups (broad SMARTS) is 1. The van der Waals surface area contributed by atoms with Crippen LogP contribution in [-0.4, -0.2) is 23.7 Å². The molecule has 0 aromatic heterocycles. The Morgan fingerprint density at radius 1 is 1.40 bits per heavy atom. The molecule has 86 valence electrons. The molecule has 1 aliphatic carbocycles. The molecular formula is C12H21NO2. The van der Waals surface area contributed by atoms with E-state index in [4.69, 9.17) is 5.11 Å². The van der Waals surface area contributed by atoms with Crippen LogP contribution in [0.3, 0.4) is 0 Å². The maximum absolute atomic E-state index is 10.6. The number of hydrogen-bond donors (Lipinski definition) is 2. The van der Waals surface area contributed by atoms with E-state index < -0.39 is 5.97 Å². The fourth-order valence-electron chi connectivity index (χ4n) is 2.03. The molecule has 1 saturated carbocycles. The quantitative estimate of drug-likeness (QED) is 0.553. The van der Waals surface area contributed by atoms with E-state index >= 15 is 0 Å². The molecule has 0 spiro atoms. The number of nitrogens with one attached hydrogen (secondary N) is 1. The maximum Gasteiger partial charge on any atom is 0.332 e. The van der Waals surface area contributed by atoms with Gasteiger partial charge in [-0.3, -0.25) is 0 Å². The third kappa shape index (κ3) is 4.47. The zero-order chi connectivity index (χ0) is 11.3. The monoisotopic (exact) mass is 211 g/mol. The van der Waals surface area contributed by atoms with E-state index in [0.29, 0.717) is 12.6 Å². The second-order valence-electron chi connectivity index (χ2n) is 4.60. The third-order valence-electron chi connectivity index (χ3n) is 3.16. The second-order valence-corrected chi connectivity index (χ2v) is 4.60. The zero-order valence-electron chi connectivity index (χ0n) is 9.46. The predicted molar refractivity (Wildman–Crippen MR) is 60.8 cm³/mol. The van der Waals surface area contributed by atoms with Crippen LogP contribution >= 0.6 is 0 Å². The first-order valence-corrected chi connectivity index (χ1v) is 5.74. The topological polar surface area (TPSA) is 49.3 Å². The maximum atomic E-state index is 10.6. The van der Waals surface area contributed by atoms with Crippen molar-refractivity contribution in [3.63, 3.8) is 0 Å². The average Bonchev–Trinajstić information content (AvgIpc) is 2.39. The van der Waals surface area contributed by atoms with Crippen molar-refractivity contribution >= 4 is 5.97 Å². The van der Waals surface area contributed by atoms with Crippen molar-refractivity contribution in [2.45, 2.75) is 45.1 Å². The fourth-order valence-corrected chi connectivity index (χ4v) is 2.03. The molecular weight excluding hydrogens is 190 g/mol. The minimum absolute atomic E-state index is 0.257. The molecule has 2 N–H and O–H groups in total. The first kappa shape index (κ1) is 12.2. The summed E-state index contributed by atoms with van der Waals surface area (Å²) in [6.07, 6.45) is 6.12. The van der Waals surface area contributed by atoms with Crippen molar-refractivity contribution in [3.05, 3.63) is 12.2 Å². The molecule has 0 aliphatic heterocycles. The molecule has 15 heavy (non-hydrogen) atoms. The van der Waals surface area contributed by atoms with Crippen LogP contribution in [0.1, 0.15) is 39.0 Å². The summed E-state index contributed by atoms with van der Waals surface area (Å²) in [5.41, 5.74) is 0.257. The summed E-state index contributed by atoms with van der Waals surface area (Å²) in [6.45, 7) is 6.22. The van der Waals surface area contributed by atoms with Crippen LogP contribution in [0.15, 0.2) is 12.2 Å². The van der Waals surface area contributed by atoms with Gasteiger partial charge in [-0.25, -0.2) is 4.79 Å². The number of hydrogen-bond acceptors (Lipinski definition) is 2. The molecule has 1 aliphatic rings. The van der Waals surface area contributed by atoms with Crippen LogP contribution < -0.4 is 5.32 Å². The fraction of sp³-hybridized carbons (Fsp3) is 0.750. The molecule has 0 heterocycles. The van der Waals surface area contributed by atoms with E-state index in [9.17, 15) is 4.79 Å². The molecule has 1 fully saturated rings. The Balaban J connectivity index is 2.26. The Morgan fingerprint density at radius 2 is 2.13 bits per heavy atom. The van der Waals surface area contributed by atoms with Crippen LogP contribution in [0.2, 0.25) is 0 Å². The van der Waals surface area contributed by atoms with Crippen LogP contribution in [0.4, 0.5) is 0 Å². The van der Waals surface area contributed by atoms with Gasteiger partial charge in [0, 0.05) is 18.2 Å². The molecule has 1 rings (SSSR count). The third-order valence-corrected chi connectivity index (χ3v) is 3.16. The van der Waals surface area contributed by atoms with E-state index in [0.717, 1.165) is 18.8 Å². The molecule has 3 nitrogen and oxygen atoms in total. The van der Waals surface area contributed by atoms with Gasteiger partial charge in [0.05, 0.1) is 0 Å². The summed E-state index contributed by atoms with van der Waals surface area (Å²) in [5, 5.41) is 12.0. The Labute approximate surface area is 91.6 Å². The van der Waals surface area contributed by atoms with Crippen molar-refractivity contribution in [2.24, 2.45) is 5.92 Å². The highest BCUT2D eigenvalue weighted by molar-refractivity contribution is 5.86. The molecule has 0 radical (unpaired) electrons. The Hall–Kier alpha value is -0.830. The van der Waals surface area contributed by atoms with Crippen molar-refractivity contribution < 1.29 is 9.90 Å². The van der Waals surface area contributed by atoms with E-state index in [1.54, 1.807) is 0 Å². The summed E-state index contributed by atoms with van der Waals surface area (Å²) < 4.78 is 0. The predicted octanol–water partition coefficient (Wildman–Crippen LogP) is 2.19. The van der Waals surface area contributed by atoms with Crippen LogP contribution in [0, 0.1) is 5.92 Å². The van der Waals surface area contributed by atoms with Crippen LogP contribution in [0.5, 0.6) is 0 Å². The van der Waals surface area contributed by atoms with Gasteiger partial charge in [0.1, 0.15) is 0 Å². The van der Waals surface area contributed by atoms with E-state index in [2.05, 4.69) is 18.8 Å². The van der Waals surface area contributed by atoms with Gasteiger partial charge in [-0.1, -0.05) is 26.3 Å². The number of carbonyl (C=O) groups is 1. The minimum Gasteiger partial charge on any atom is -0.478 e. The molecule has 0 aromatic rings. The first-order chi connectivity index (χ1) is 7.09. The average molecular weight is 211 g/mol. The number of carboxylic acids is 1. The van der Waals surface area contributed by atoms with Gasteiger partial charge in [0.15, 0.2) is 0 Å². The number of rotatable bonds is 4. The second kappa shape index (κ2) is 5.91. The highest BCUT2D eigenvalue weighted by Gasteiger charge is 2.16. The Kier molecular flexibility index (Phi) is 4.82. The van der Waals surface area contributed by atoms with Gasteiger partial charge in [-0.05, 0) is 25.2 Å². The molecule has 3 heteroatoms. The minimum atomic E-state index is -0.899. The van der Waals surface area contributed by atoms with E-state index in [1.807, 2.05) is 0 Å². The van der Waals surface area contributed by atoms with Crippen LogP contribution in [-0.2, 0) is 4.79 Å². The van der Waals surface area contributed by atoms with Gasteiger partial charge >= 0.3 is 5.97 Å². The highest BCUT2D eigenvalue weighted by atomic mass is 16.4. The standard InChI is InChI=1S/C12H21NO2/c1-9-4-3-5-11(7-6-9)13-8-10(2)12(14)15/h9,11,13H,2-8H2,1H3,(H,14,15). The van der Waals surface area contributed by atoms with Crippen molar-refractivity contribution in [2.75, 3.05) is 6.54 Å². The van der Waals surface area contributed by atoms with E-state index in [1.165, 1.54) is 19.3 Å². The van der Waals surface area contributed by atoms with E-state index in [-0.39, 0.29) is 5.57 Å². The summed E-state index contributed by atoms with van der Waals surface area (Å²) in [5.74, 6) is -0.0797. The molecule has 0 amide bonds.